The first-order valence-corrected chi connectivity index (χ1v) is 9.14. The molecule has 0 aromatic heterocycles. The lowest BCUT2D eigenvalue weighted by atomic mass is 10.0. The lowest BCUT2D eigenvalue weighted by Crippen LogP contribution is -2.49. The van der Waals surface area contributed by atoms with Crippen LogP contribution in [0.4, 0.5) is 4.39 Å². The van der Waals surface area contributed by atoms with Gasteiger partial charge in [0, 0.05) is 24.2 Å². The third-order valence-corrected chi connectivity index (χ3v) is 5.05. The van der Waals surface area contributed by atoms with Crippen LogP contribution in [0, 0.1) is 11.7 Å². The molecule has 2 aliphatic rings. The van der Waals surface area contributed by atoms with E-state index in [0.717, 1.165) is 44.0 Å². The molecule has 1 amide bonds. The van der Waals surface area contributed by atoms with Crippen LogP contribution in [0.15, 0.2) is 18.2 Å². The van der Waals surface area contributed by atoms with Crippen molar-refractivity contribution in [3.63, 3.8) is 0 Å². The third-order valence-electron chi connectivity index (χ3n) is 4.70. The molecule has 2 fully saturated rings. The summed E-state index contributed by atoms with van der Waals surface area (Å²) in [7, 11) is 0. The Labute approximate surface area is 172 Å². The molecule has 1 aromatic carbocycles. The fourth-order valence-electron chi connectivity index (χ4n) is 3.20. The number of amides is 1. The summed E-state index contributed by atoms with van der Waals surface area (Å²) in [6.45, 7) is 3.82. The average molecular weight is 427 g/mol. The van der Waals surface area contributed by atoms with Crippen molar-refractivity contribution in [2.75, 3.05) is 26.2 Å². The van der Waals surface area contributed by atoms with Crippen molar-refractivity contribution in [3.8, 4) is 0 Å². The number of carbonyl (C=O) groups is 1. The predicted octanol–water partition coefficient (Wildman–Crippen LogP) is 3.40. The van der Waals surface area contributed by atoms with Crippen LogP contribution in [0.25, 0.3) is 0 Å². The number of carbonyl (C=O) groups excluding carboxylic acids is 1. The highest BCUT2D eigenvalue weighted by Gasteiger charge is 2.23. The van der Waals surface area contributed by atoms with Gasteiger partial charge in [0.2, 0.25) is 5.91 Å². The number of benzene rings is 1. The monoisotopic (exact) mass is 425 g/mol. The number of likely N-dealkylation sites (tertiary alicyclic amines) is 1. The molecule has 1 atom stereocenters. The van der Waals surface area contributed by atoms with Crippen LogP contribution in [0.5, 0.6) is 0 Å². The smallest absolute Gasteiger partial charge is 0.234 e. The van der Waals surface area contributed by atoms with Gasteiger partial charge in [-0.25, -0.2) is 4.39 Å². The lowest BCUT2D eigenvalue weighted by Gasteiger charge is -2.33. The highest BCUT2D eigenvalue weighted by Crippen LogP contribution is 2.27. The molecule has 1 unspecified atom stereocenters. The van der Waals surface area contributed by atoms with E-state index in [1.807, 2.05) is 0 Å². The standard InChI is InChI=1S/C18H25ClFN3O.2ClH/c19-17-8-15(20)6-5-14(17)11-23-7-1-2-16(12-23)22-18(24)10-21-9-13-3-4-13;;/h5-6,8,13,16,21H,1-4,7,9-12H2,(H,22,24);2*1H. The van der Waals surface area contributed by atoms with Gasteiger partial charge in [-0.15, -0.1) is 24.8 Å². The summed E-state index contributed by atoms with van der Waals surface area (Å²) in [6, 6.07) is 4.71. The van der Waals surface area contributed by atoms with E-state index in [0.29, 0.717) is 18.1 Å². The maximum Gasteiger partial charge on any atom is 0.234 e. The van der Waals surface area contributed by atoms with Gasteiger partial charge in [0.25, 0.3) is 0 Å². The number of halogens is 4. The minimum atomic E-state index is -0.314. The number of hydrogen-bond acceptors (Lipinski definition) is 3. The van der Waals surface area contributed by atoms with Gasteiger partial charge in [0.05, 0.1) is 6.54 Å². The zero-order valence-electron chi connectivity index (χ0n) is 14.7. The van der Waals surface area contributed by atoms with Gasteiger partial charge >= 0.3 is 0 Å². The molecular weight excluding hydrogens is 400 g/mol. The number of hydrogen-bond donors (Lipinski definition) is 2. The topological polar surface area (TPSA) is 44.4 Å². The Morgan fingerprint density at radius 2 is 2.04 bits per heavy atom. The van der Waals surface area contributed by atoms with Gasteiger partial charge in [0.15, 0.2) is 0 Å². The zero-order valence-corrected chi connectivity index (χ0v) is 17.1. The molecule has 8 heteroatoms. The molecule has 0 spiro atoms. The van der Waals surface area contributed by atoms with Crippen LogP contribution in [0.2, 0.25) is 5.02 Å². The normalized spacial score (nSPS) is 20.0. The fourth-order valence-corrected chi connectivity index (χ4v) is 3.43. The first-order chi connectivity index (χ1) is 11.6. The average Bonchev–Trinajstić information content (AvgIpc) is 3.35. The van der Waals surface area contributed by atoms with Crippen molar-refractivity contribution in [1.29, 1.82) is 0 Å². The van der Waals surface area contributed by atoms with Gasteiger partial charge in [-0.3, -0.25) is 9.69 Å². The number of rotatable bonds is 7. The summed E-state index contributed by atoms with van der Waals surface area (Å²) in [4.78, 5) is 14.3. The summed E-state index contributed by atoms with van der Waals surface area (Å²) in [6.07, 6.45) is 4.62. The second kappa shape index (κ2) is 11.3. The second-order valence-corrected chi connectivity index (χ2v) is 7.36. The Morgan fingerprint density at radius 3 is 2.73 bits per heavy atom. The first-order valence-electron chi connectivity index (χ1n) is 8.76. The second-order valence-electron chi connectivity index (χ2n) is 6.95. The van der Waals surface area contributed by atoms with Crippen molar-refractivity contribution in [2.45, 2.75) is 38.3 Å². The molecule has 0 bridgehead atoms. The minimum Gasteiger partial charge on any atom is -0.351 e. The molecule has 1 heterocycles. The molecule has 0 radical (unpaired) electrons. The Hall–Kier alpha value is -0.590. The summed E-state index contributed by atoms with van der Waals surface area (Å²) in [5, 5.41) is 6.80. The van der Waals surface area contributed by atoms with E-state index in [1.54, 1.807) is 6.07 Å². The highest BCUT2D eigenvalue weighted by molar-refractivity contribution is 6.31. The van der Waals surface area contributed by atoms with Gasteiger partial charge in [-0.2, -0.15) is 0 Å². The molecule has 3 rings (SSSR count). The van der Waals surface area contributed by atoms with Crippen molar-refractivity contribution in [1.82, 2.24) is 15.5 Å². The van der Waals surface area contributed by atoms with Crippen molar-refractivity contribution < 1.29 is 9.18 Å². The van der Waals surface area contributed by atoms with Crippen LogP contribution in [0.1, 0.15) is 31.2 Å². The van der Waals surface area contributed by atoms with E-state index in [4.69, 9.17) is 11.6 Å². The number of nitrogens with one attached hydrogen (secondary N) is 2. The van der Waals surface area contributed by atoms with E-state index in [1.165, 1.54) is 25.0 Å². The molecule has 2 N–H and O–H groups in total. The molecule has 1 aliphatic heterocycles. The van der Waals surface area contributed by atoms with Crippen LogP contribution in [0.3, 0.4) is 0 Å². The van der Waals surface area contributed by atoms with Crippen LogP contribution in [-0.2, 0) is 11.3 Å². The molecule has 1 aliphatic carbocycles. The number of piperidine rings is 1. The molecule has 4 nitrogen and oxygen atoms in total. The van der Waals surface area contributed by atoms with Crippen molar-refractivity contribution >= 4 is 42.3 Å². The Bertz CT molecular complexity index is 587. The van der Waals surface area contributed by atoms with Gasteiger partial charge < -0.3 is 10.6 Å². The lowest BCUT2D eigenvalue weighted by molar-refractivity contribution is -0.121. The molecule has 1 saturated heterocycles. The molecule has 1 aromatic rings. The van der Waals surface area contributed by atoms with Crippen LogP contribution >= 0.6 is 36.4 Å². The van der Waals surface area contributed by atoms with Crippen molar-refractivity contribution in [3.05, 3.63) is 34.6 Å². The Balaban J connectivity index is 0.00000169. The van der Waals surface area contributed by atoms with Crippen LogP contribution in [-0.4, -0.2) is 43.0 Å². The molecular formula is C18H27Cl3FN3O. The summed E-state index contributed by atoms with van der Waals surface area (Å²) in [5.74, 6) is 0.539. The maximum absolute atomic E-state index is 13.1. The van der Waals surface area contributed by atoms with Crippen molar-refractivity contribution in [2.24, 2.45) is 5.92 Å². The molecule has 148 valence electrons. The van der Waals surface area contributed by atoms with Crippen LogP contribution < -0.4 is 10.6 Å². The predicted molar refractivity (Wildman–Crippen MR) is 108 cm³/mol. The van der Waals surface area contributed by atoms with Gasteiger partial charge in [0.1, 0.15) is 5.82 Å². The fraction of sp³-hybridized carbons (Fsp3) is 0.611. The highest BCUT2D eigenvalue weighted by atomic mass is 35.5. The first kappa shape index (κ1) is 23.4. The van der Waals surface area contributed by atoms with E-state index >= 15 is 0 Å². The summed E-state index contributed by atoms with van der Waals surface area (Å²) >= 11 is 6.11. The third kappa shape index (κ3) is 7.57. The Morgan fingerprint density at radius 1 is 1.27 bits per heavy atom. The minimum absolute atomic E-state index is 0. The zero-order chi connectivity index (χ0) is 16.9. The van der Waals surface area contributed by atoms with Gasteiger partial charge in [-0.1, -0.05) is 17.7 Å². The largest absolute Gasteiger partial charge is 0.351 e. The SMILES string of the molecule is Cl.Cl.O=C(CNCC1CC1)NC1CCCN(Cc2ccc(F)cc2Cl)C1. The summed E-state index contributed by atoms with van der Waals surface area (Å²) < 4.78 is 13.1. The quantitative estimate of drug-likeness (QED) is 0.702. The van der Waals surface area contributed by atoms with E-state index in [2.05, 4.69) is 15.5 Å². The van der Waals surface area contributed by atoms with E-state index in [-0.39, 0.29) is 42.6 Å². The van der Waals surface area contributed by atoms with E-state index < -0.39 is 0 Å². The molecule has 1 saturated carbocycles. The van der Waals surface area contributed by atoms with E-state index in [9.17, 15) is 9.18 Å². The Kier molecular flexibility index (Phi) is 10.2. The molecule has 26 heavy (non-hydrogen) atoms. The number of nitrogens with zero attached hydrogens (tertiary/aromatic N) is 1. The maximum atomic E-state index is 13.1. The summed E-state index contributed by atoms with van der Waals surface area (Å²) in [5.41, 5.74) is 0.927. The van der Waals surface area contributed by atoms with Gasteiger partial charge in [-0.05, 0) is 62.4 Å².